The zero-order valence-electron chi connectivity index (χ0n) is 13.1. The van der Waals surface area contributed by atoms with Crippen molar-refractivity contribution in [3.8, 4) is 0 Å². The highest BCUT2D eigenvalue weighted by Gasteiger charge is 2.29. The Morgan fingerprint density at radius 3 is 2.42 bits per heavy atom. The number of anilines is 2. The van der Waals surface area contributed by atoms with Gasteiger partial charge in [-0.05, 0) is 12.1 Å². The lowest BCUT2D eigenvalue weighted by atomic mass is 10.1. The van der Waals surface area contributed by atoms with E-state index in [1.54, 1.807) is 18.2 Å². The van der Waals surface area contributed by atoms with Crippen molar-refractivity contribution in [2.45, 2.75) is 12.5 Å². The van der Waals surface area contributed by atoms with Gasteiger partial charge in [0.25, 0.3) is 5.91 Å². The SMILES string of the molecule is O=C(C[C@@H]1NC(=O)c2ccccc2NC1=O)Nc1cc(F)c(F)c(F)c1. The van der Waals surface area contributed by atoms with Gasteiger partial charge in [0.1, 0.15) is 6.04 Å². The van der Waals surface area contributed by atoms with Crippen LogP contribution in [0.15, 0.2) is 36.4 Å². The van der Waals surface area contributed by atoms with Gasteiger partial charge in [-0.25, -0.2) is 13.2 Å². The summed E-state index contributed by atoms with van der Waals surface area (Å²) in [7, 11) is 0. The minimum absolute atomic E-state index is 0.242. The van der Waals surface area contributed by atoms with E-state index in [0.29, 0.717) is 17.8 Å². The summed E-state index contributed by atoms with van der Waals surface area (Å²) in [6.45, 7) is 0. The van der Waals surface area contributed by atoms with Gasteiger partial charge in [0.05, 0.1) is 17.7 Å². The topological polar surface area (TPSA) is 87.3 Å². The molecule has 2 aromatic carbocycles. The molecule has 0 fully saturated rings. The molecule has 0 spiro atoms. The lowest BCUT2D eigenvalue weighted by Crippen LogP contribution is -2.43. The number of carbonyl (C=O) groups is 3. The predicted molar refractivity (Wildman–Crippen MR) is 85.9 cm³/mol. The fourth-order valence-corrected chi connectivity index (χ4v) is 2.48. The van der Waals surface area contributed by atoms with Gasteiger partial charge in [0, 0.05) is 17.8 Å². The average molecular weight is 363 g/mol. The van der Waals surface area contributed by atoms with Gasteiger partial charge in [0.15, 0.2) is 17.5 Å². The van der Waals surface area contributed by atoms with Crippen molar-refractivity contribution in [2.75, 3.05) is 10.6 Å². The number of nitrogens with one attached hydrogen (secondary N) is 3. The number of rotatable bonds is 3. The van der Waals surface area contributed by atoms with Gasteiger partial charge in [0.2, 0.25) is 11.8 Å². The van der Waals surface area contributed by atoms with Crippen LogP contribution in [0.3, 0.4) is 0 Å². The normalized spacial score (nSPS) is 16.2. The Morgan fingerprint density at radius 1 is 1.08 bits per heavy atom. The monoisotopic (exact) mass is 363 g/mol. The van der Waals surface area contributed by atoms with Gasteiger partial charge in [-0.3, -0.25) is 14.4 Å². The molecule has 0 unspecified atom stereocenters. The summed E-state index contributed by atoms with van der Waals surface area (Å²) in [6.07, 6.45) is -0.480. The molecule has 9 heteroatoms. The first-order valence-electron chi connectivity index (χ1n) is 7.50. The Morgan fingerprint density at radius 2 is 1.73 bits per heavy atom. The van der Waals surface area contributed by atoms with Crippen LogP contribution in [0.25, 0.3) is 0 Å². The first kappa shape index (κ1) is 17.5. The van der Waals surface area contributed by atoms with Crippen LogP contribution in [0.2, 0.25) is 0 Å². The Balaban J connectivity index is 1.72. The van der Waals surface area contributed by atoms with E-state index in [1.807, 2.05) is 0 Å². The second-order valence-electron chi connectivity index (χ2n) is 5.57. The lowest BCUT2D eigenvalue weighted by molar-refractivity contribution is -0.122. The maximum Gasteiger partial charge on any atom is 0.254 e. The smallest absolute Gasteiger partial charge is 0.254 e. The molecule has 0 aliphatic carbocycles. The summed E-state index contributed by atoms with van der Waals surface area (Å²) in [5.74, 6) is -6.53. The molecule has 6 nitrogen and oxygen atoms in total. The predicted octanol–water partition coefficient (Wildman–Crippen LogP) is 2.18. The number of halogens is 3. The highest BCUT2D eigenvalue weighted by Crippen LogP contribution is 2.20. The van der Waals surface area contributed by atoms with Crippen molar-refractivity contribution in [3.05, 3.63) is 59.4 Å². The number of para-hydroxylation sites is 1. The molecule has 3 N–H and O–H groups in total. The summed E-state index contributed by atoms with van der Waals surface area (Å²) in [5, 5.41) is 7.10. The molecule has 3 amide bonds. The summed E-state index contributed by atoms with van der Waals surface area (Å²) < 4.78 is 39.3. The zero-order chi connectivity index (χ0) is 18.8. The zero-order valence-corrected chi connectivity index (χ0v) is 13.1. The average Bonchev–Trinajstić information content (AvgIpc) is 2.70. The van der Waals surface area contributed by atoms with Crippen molar-refractivity contribution in [1.82, 2.24) is 5.32 Å². The second kappa shape index (κ2) is 6.87. The minimum atomic E-state index is -1.66. The van der Waals surface area contributed by atoms with E-state index in [1.165, 1.54) is 6.07 Å². The standard InChI is InChI=1S/C17H12F3N3O3/c18-10-5-8(6-11(19)15(10)20)21-14(24)7-13-17(26)22-12-4-2-1-3-9(12)16(25)23-13/h1-6,13H,7H2,(H,21,24)(H,22,26)(H,23,25)/t13-/m0/s1. The van der Waals surface area contributed by atoms with E-state index >= 15 is 0 Å². The van der Waals surface area contributed by atoms with Crippen molar-refractivity contribution >= 4 is 29.1 Å². The molecule has 26 heavy (non-hydrogen) atoms. The van der Waals surface area contributed by atoms with Gasteiger partial charge < -0.3 is 16.0 Å². The Hall–Kier alpha value is -3.36. The van der Waals surface area contributed by atoms with E-state index in [4.69, 9.17) is 0 Å². The molecule has 2 aromatic rings. The van der Waals surface area contributed by atoms with Crippen LogP contribution >= 0.6 is 0 Å². The van der Waals surface area contributed by atoms with Gasteiger partial charge in [-0.2, -0.15) is 0 Å². The van der Waals surface area contributed by atoms with E-state index in [9.17, 15) is 27.6 Å². The van der Waals surface area contributed by atoms with E-state index in [2.05, 4.69) is 16.0 Å². The third-order valence-electron chi connectivity index (χ3n) is 3.71. The molecular formula is C17H12F3N3O3. The summed E-state index contributed by atoms with van der Waals surface area (Å²) in [6, 6.07) is 6.34. The molecular weight excluding hydrogens is 351 g/mol. The molecule has 0 saturated heterocycles. The minimum Gasteiger partial charge on any atom is -0.340 e. The van der Waals surface area contributed by atoms with Gasteiger partial charge in [-0.15, -0.1) is 0 Å². The summed E-state index contributed by atoms with van der Waals surface area (Å²) in [5.41, 5.74) is 0.238. The van der Waals surface area contributed by atoms with Crippen LogP contribution < -0.4 is 16.0 Å². The lowest BCUT2D eigenvalue weighted by Gasteiger charge is -2.14. The number of carbonyl (C=O) groups excluding carboxylic acids is 3. The maximum atomic E-state index is 13.2. The summed E-state index contributed by atoms with van der Waals surface area (Å²) in [4.78, 5) is 36.4. The second-order valence-corrected chi connectivity index (χ2v) is 5.57. The Bertz CT molecular complexity index is 894. The number of fused-ring (bicyclic) bond motifs is 1. The van der Waals surface area contributed by atoms with E-state index in [-0.39, 0.29) is 11.3 Å². The molecule has 3 rings (SSSR count). The highest BCUT2D eigenvalue weighted by molar-refractivity contribution is 6.11. The fourth-order valence-electron chi connectivity index (χ4n) is 2.48. The number of amides is 3. The third kappa shape index (κ3) is 3.51. The molecule has 1 aliphatic rings. The van der Waals surface area contributed by atoms with Gasteiger partial charge in [-0.1, -0.05) is 12.1 Å². The molecule has 0 saturated carbocycles. The Kier molecular flexibility index (Phi) is 4.61. The van der Waals surface area contributed by atoms with E-state index < -0.39 is 47.6 Å². The fraction of sp³-hybridized carbons (Fsp3) is 0.118. The molecule has 0 aromatic heterocycles. The Labute approximate surface area is 145 Å². The number of hydrogen-bond donors (Lipinski definition) is 3. The molecule has 0 bridgehead atoms. The van der Waals surface area contributed by atoms with E-state index in [0.717, 1.165) is 0 Å². The van der Waals surface area contributed by atoms with Crippen molar-refractivity contribution < 1.29 is 27.6 Å². The largest absolute Gasteiger partial charge is 0.340 e. The number of hydrogen-bond acceptors (Lipinski definition) is 3. The van der Waals surface area contributed by atoms with Crippen LogP contribution in [-0.2, 0) is 9.59 Å². The van der Waals surface area contributed by atoms with Crippen molar-refractivity contribution in [2.24, 2.45) is 0 Å². The molecule has 1 aliphatic heterocycles. The third-order valence-corrected chi connectivity index (χ3v) is 3.71. The number of benzene rings is 2. The van der Waals surface area contributed by atoms with Crippen LogP contribution in [0, 0.1) is 17.5 Å². The van der Waals surface area contributed by atoms with Crippen LogP contribution in [-0.4, -0.2) is 23.8 Å². The first-order chi connectivity index (χ1) is 12.3. The molecule has 1 atom stereocenters. The van der Waals surface area contributed by atoms with Crippen molar-refractivity contribution in [1.29, 1.82) is 0 Å². The van der Waals surface area contributed by atoms with Crippen LogP contribution in [0.5, 0.6) is 0 Å². The van der Waals surface area contributed by atoms with Gasteiger partial charge >= 0.3 is 0 Å². The maximum absolute atomic E-state index is 13.2. The quantitative estimate of drug-likeness (QED) is 0.731. The molecule has 1 heterocycles. The molecule has 134 valence electrons. The van der Waals surface area contributed by atoms with Crippen LogP contribution in [0.1, 0.15) is 16.8 Å². The summed E-state index contributed by atoms with van der Waals surface area (Å²) >= 11 is 0. The van der Waals surface area contributed by atoms with Crippen molar-refractivity contribution in [3.63, 3.8) is 0 Å². The molecule has 0 radical (unpaired) electrons. The highest BCUT2D eigenvalue weighted by atomic mass is 19.2. The van der Waals surface area contributed by atoms with Crippen LogP contribution in [0.4, 0.5) is 24.5 Å². The first-order valence-corrected chi connectivity index (χ1v) is 7.50.